The Hall–Kier alpha value is -1.55. The molecule has 1 atom stereocenters. The lowest BCUT2D eigenvalue weighted by Gasteiger charge is -2.35. The second-order valence-electron chi connectivity index (χ2n) is 4.84. The van der Waals surface area contributed by atoms with E-state index in [-0.39, 0.29) is 5.91 Å². The summed E-state index contributed by atoms with van der Waals surface area (Å²) in [5.41, 5.74) is 3.34. The van der Waals surface area contributed by atoms with Gasteiger partial charge < -0.3 is 15.5 Å². The highest BCUT2D eigenvalue weighted by molar-refractivity contribution is 6.01. The van der Waals surface area contributed by atoms with Crippen LogP contribution in [0, 0.1) is 6.92 Å². The number of anilines is 2. The van der Waals surface area contributed by atoms with Crippen LogP contribution in [0.2, 0.25) is 0 Å². The summed E-state index contributed by atoms with van der Waals surface area (Å²) < 4.78 is 0. The molecule has 1 aromatic rings. The Morgan fingerprint density at radius 1 is 1.41 bits per heavy atom. The molecule has 1 fully saturated rings. The van der Waals surface area contributed by atoms with E-state index >= 15 is 0 Å². The van der Waals surface area contributed by atoms with Gasteiger partial charge in [-0.2, -0.15) is 0 Å². The van der Waals surface area contributed by atoms with Crippen molar-refractivity contribution in [3.8, 4) is 0 Å². The van der Waals surface area contributed by atoms with Crippen LogP contribution in [0.5, 0.6) is 0 Å². The zero-order chi connectivity index (χ0) is 11.8. The molecule has 1 aromatic carbocycles. The SMILES string of the molecule is Cc1ccc2c(c1)N(C1CCNC1)CC(=O)N2. The number of fused-ring (bicyclic) bond motifs is 1. The summed E-state index contributed by atoms with van der Waals surface area (Å²) in [5.74, 6) is 0.0910. The van der Waals surface area contributed by atoms with E-state index in [1.165, 1.54) is 11.3 Å². The third-order valence-electron chi connectivity index (χ3n) is 3.53. The van der Waals surface area contributed by atoms with Crippen LogP contribution < -0.4 is 15.5 Å². The van der Waals surface area contributed by atoms with Crippen LogP contribution in [-0.4, -0.2) is 31.6 Å². The summed E-state index contributed by atoms with van der Waals surface area (Å²) >= 11 is 0. The number of carbonyl (C=O) groups is 1. The molecule has 0 bridgehead atoms. The first-order valence-electron chi connectivity index (χ1n) is 6.12. The smallest absolute Gasteiger partial charge is 0.243 e. The molecular formula is C13H17N3O. The summed E-state index contributed by atoms with van der Waals surface area (Å²) in [5, 5.41) is 6.30. The maximum Gasteiger partial charge on any atom is 0.243 e. The molecule has 2 N–H and O–H groups in total. The van der Waals surface area contributed by atoms with Gasteiger partial charge in [0.1, 0.15) is 0 Å². The van der Waals surface area contributed by atoms with Crippen molar-refractivity contribution in [1.82, 2.24) is 5.32 Å². The number of carbonyl (C=O) groups excluding carboxylic acids is 1. The molecule has 1 saturated heterocycles. The monoisotopic (exact) mass is 231 g/mol. The van der Waals surface area contributed by atoms with Crippen LogP contribution in [0.4, 0.5) is 11.4 Å². The number of hydrogen-bond acceptors (Lipinski definition) is 3. The van der Waals surface area contributed by atoms with Gasteiger partial charge in [0.25, 0.3) is 0 Å². The van der Waals surface area contributed by atoms with Crippen LogP contribution in [0.15, 0.2) is 18.2 Å². The van der Waals surface area contributed by atoms with Gasteiger partial charge in [0.15, 0.2) is 0 Å². The highest BCUT2D eigenvalue weighted by Crippen LogP contribution is 2.32. The predicted molar refractivity (Wildman–Crippen MR) is 68.4 cm³/mol. The maximum atomic E-state index is 11.7. The average Bonchev–Trinajstić information content (AvgIpc) is 2.82. The second-order valence-corrected chi connectivity index (χ2v) is 4.84. The number of rotatable bonds is 1. The second kappa shape index (κ2) is 4.04. The molecule has 2 heterocycles. The van der Waals surface area contributed by atoms with E-state index in [0.29, 0.717) is 12.6 Å². The highest BCUT2D eigenvalue weighted by atomic mass is 16.2. The van der Waals surface area contributed by atoms with Crippen LogP contribution in [-0.2, 0) is 4.79 Å². The highest BCUT2D eigenvalue weighted by Gasteiger charge is 2.29. The number of nitrogens with one attached hydrogen (secondary N) is 2. The Morgan fingerprint density at radius 2 is 2.29 bits per heavy atom. The van der Waals surface area contributed by atoms with E-state index in [1.807, 2.05) is 12.1 Å². The quantitative estimate of drug-likeness (QED) is 0.761. The predicted octanol–water partition coefficient (Wildman–Crippen LogP) is 1.12. The van der Waals surface area contributed by atoms with Gasteiger partial charge in [-0.15, -0.1) is 0 Å². The molecule has 2 aliphatic rings. The fraction of sp³-hybridized carbons (Fsp3) is 0.462. The van der Waals surface area contributed by atoms with Crippen LogP contribution in [0.25, 0.3) is 0 Å². The molecule has 17 heavy (non-hydrogen) atoms. The fourth-order valence-corrected chi connectivity index (χ4v) is 2.65. The van der Waals surface area contributed by atoms with E-state index in [0.717, 1.165) is 25.2 Å². The van der Waals surface area contributed by atoms with Crippen molar-refractivity contribution < 1.29 is 4.79 Å². The van der Waals surface area contributed by atoms with Crippen molar-refractivity contribution in [2.75, 3.05) is 29.9 Å². The topological polar surface area (TPSA) is 44.4 Å². The molecule has 4 heteroatoms. The summed E-state index contributed by atoms with van der Waals surface area (Å²) in [6, 6.07) is 6.64. The third-order valence-corrected chi connectivity index (χ3v) is 3.53. The Labute approximate surface area is 101 Å². The molecule has 0 spiro atoms. The van der Waals surface area contributed by atoms with E-state index < -0.39 is 0 Å². The Kier molecular flexibility index (Phi) is 2.52. The van der Waals surface area contributed by atoms with Crippen molar-refractivity contribution >= 4 is 17.3 Å². The molecule has 2 aliphatic heterocycles. The van der Waals surface area contributed by atoms with Gasteiger partial charge in [0.2, 0.25) is 5.91 Å². The largest absolute Gasteiger partial charge is 0.356 e. The van der Waals surface area contributed by atoms with Crippen LogP contribution in [0.1, 0.15) is 12.0 Å². The number of amides is 1. The molecule has 0 saturated carbocycles. The molecule has 1 unspecified atom stereocenters. The molecule has 4 nitrogen and oxygen atoms in total. The van der Waals surface area contributed by atoms with Gasteiger partial charge in [-0.3, -0.25) is 4.79 Å². The zero-order valence-corrected chi connectivity index (χ0v) is 9.99. The molecule has 0 aromatic heterocycles. The van der Waals surface area contributed by atoms with Gasteiger partial charge in [-0.05, 0) is 37.6 Å². The number of hydrogen-bond donors (Lipinski definition) is 2. The molecule has 1 amide bonds. The van der Waals surface area contributed by atoms with Crippen LogP contribution in [0.3, 0.4) is 0 Å². The summed E-state index contributed by atoms with van der Waals surface area (Å²) in [7, 11) is 0. The number of benzene rings is 1. The van der Waals surface area contributed by atoms with Gasteiger partial charge in [0.05, 0.1) is 17.9 Å². The minimum Gasteiger partial charge on any atom is -0.356 e. The first kappa shape index (κ1) is 10.6. The third kappa shape index (κ3) is 1.89. The van der Waals surface area contributed by atoms with Gasteiger partial charge >= 0.3 is 0 Å². The normalized spacial score (nSPS) is 23.5. The van der Waals surface area contributed by atoms with Crippen molar-refractivity contribution in [2.45, 2.75) is 19.4 Å². The van der Waals surface area contributed by atoms with Gasteiger partial charge in [0, 0.05) is 12.6 Å². The molecule has 90 valence electrons. The number of aryl methyl sites for hydroxylation is 1. The summed E-state index contributed by atoms with van der Waals surface area (Å²) in [6.45, 7) is 4.58. The lowest BCUT2D eigenvalue weighted by Crippen LogP contribution is -2.45. The van der Waals surface area contributed by atoms with Crippen LogP contribution >= 0.6 is 0 Å². The summed E-state index contributed by atoms with van der Waals surface area (Å²) in [6.07, 6.45) is 1.11. The summed E-state index contributed by atoms with van der Waals surface area (Å²) in [4.78, 5) is 13.9. The minimum absolute atomic E-state index is 0.0910. The molecular weight excluding hydrogens is 214 g/mol. The van der Waals surface area contributed by atoms with E-state index in [9.17, 15) is 4.79 Å². The lowest BCUT2D eigenvalue weighted by molar-refractivity contribution is -0.115. The molecule has 0 aliphatic carbocycles. The fourth-order valence-electron chi connectivity index (χ4n) is 2.65. The van der Waals surface area contributed by atoms with Crippen molar-refractivity contribution in [3.05, 3.63) is 23.8 Å². The van der Waals surface area contributed by atoms with E-state index in [4.69, 9.17) is 0 Å². The van der Waals surface area contributed by atoms with Crippen molar-refractivity contribution in [2.24, 2.45) is 0 Å². The Bertz CT molecular complexity index is 452. The van der Waals surface area contributed by atoms with Gasteiger partial charge in [-0.25, -0.2) is 0 Å². The van der Waals surface area contributed by atoms with Crippen molar-refractivity contribution in [1.29, 1.82) is 0 Å². The lowest BCUT2D eigenvalue weighted by atomic mass is 10.1. The Morgan fingerprint density at radius 3 is 3.06 bits per heavy atom. The average molecular weight is 231 g/mol. The Balaban J connectivity index is 1.99. The molecule has 3 rings (SSSR count). The maximum absolute atomic E-state index is 11.7. The first-order valence-corrected chi connectivity index (χ1v) is 6.12. The standard InChI is InChI=1S/C13H17N3O/c1-9-2-3-11-12(6-9)16(8-13(17)15-11)10-4-5-14-7-10/h2-3,6,10,14H,4-5,7-8H2,1H3,(H,15,17). The van der Waals surface area contributed by atoms with Gasteiger partial charge in [-0.1, -0.05) is 6.07 Å². The zero-order valence-electron chi connectivity index (χ0n) is 9.99. The van der Waals surface area contributed by atoms with E-state index in [1.54, 1.807) is 0 Å². The van der Waals surface area contributed by atoms with Crippen molar-refractivity contribution in [3.63, 3.8) is 0 Å². The van der Waals surface area contributed by atoms with E-state index in [2.05, 4.69) is 28.5 Å². The molecule has 0 radical (unpaired) electrons. The minimum atomic E-state index is 0.0910. The first-order chi connectivity index (χ1) is 8.24. The number of nitrogens with zero attached hydrogens (tertiary/aromatic N) is 1.